The SMILES string of the molecule is CCCCOc1ccc(C(=O)c2c(C)c(C#N)c(=O)n(Cc3ccccc3Cl)c2O)cc1. The standard InChI is InChI=1S/C25H23ClN2O4/c1-3-4-13-32-19-11-9-17(10-12-19)23(29)22-16(2)20(14-27)24(30)28(25(22)31)15-18-7-5-6-8-21(18)26/h5-12,31H,3-4,13,15H2,1-2H3. The van der Waals surface area contributed by atoms with Gasteiger partial charge in [-0.15, -0.1) is 0 Å². The van der Waals surface area contributed by atoms with E-state index in [-0.39, 0.29) is 23.2 Å². The van der Waals surface area contributed by atoms with E-state index < -0.39 is 17.2 Å². The van der Waals surface area contributed by atoms with Gasteiger partial charge >= 0.3 is 0 Å². The molecule has 0 saturated carbocycles. The van der Waals surface area contributed by atoms with Crippen molar-refractivity contribution < 1.29 is 14.6 Å². The molecule has 0 aliphatic rings. The van der Waals surface area contributed by atoms with Crippen LogP contribution in [0.4, 0.5) is 0 Å². The lowest BCUT2D eigenvalue weighted by Gasteiger charge is -2.16. The van der Waals surface area contributed by atoms with E-state index in [2.05, 4.69) is 6.92 Å². The molecule has 3 rings (SSSR count). The first-order valence-corrected chi connectivity index (χ1v) is 10.6. The van der Waals surface area contributed by atoms with Gasteiger partial charge in [-0.3, -0.25) is 14.2 Å². The summed E-state index contributed by atoms with van der Waals surface area (Å²) in [6, 6.07) is 15.3. The molecule has 164 valence electrons. The monoisotopic (exact) mass is 450 g/mol. The topological polar surface area (TPSA) is 92.3 Å². The van der Waals surface area contributed by atoms with Crippen LogP contribution in [0.5, 0.6) is 11.6 Å². The Labute approximate surface area is 191 Å². The van der Waals surface area contributed by atoms with E-state index in [1.165, 1.54) is 6.92 Å². The third-order valence-corrected chi connectivity index (χ3v) is 5.57. The summed E-state index contributed by atoms with van der Waals surface area (Å²) >= 11 is 6.20. The lowest BCUT2D eigenvalue weighted by Crippen LogP contribution is -2.27. The predicted molar refractivity (Wildman–Crippen MR) is 123 cm³/mol. The largest absolute Gasteiger partial charge is 0.494 e. The molecule has 1 aromatic heterocycles. The van der Waals surface area contributed by atoms with Crippen molar-refractivity contribution in [2.45, 2.75) is 33.2 Å². The molecule has 0 atom stereocenters. The highest BCUT2D eigenvalue weighted by atomic mass is 35.5. The fourth-order valence-electron chi connectivity index (χ4n) is 3.35. The highest BCUT2D eigenvalue weighted by Gasteiger charge is 2.25. The Morgan fingerprint density at radius 1 is 1.19 bits per heavy atom. The number of hydrogen-bond acceptors (Lipinski definition) is 5. The zero-order chi connectivity index (χ0) is 23.3. The fourth-order valence-corrected chi connectivity index (χ4v) is 3.54. The number of nitrogens with zero attached hydrogens (tertiary/aromatic N) is 2. The van der Waals surface area contributed by atoms with Crippen molar-refractivity contribution in [3.05, 3.63) is 91.7 Å². The summed E-state index contributed by atoms with van der Waals surface area (Å²) in [7, 11) is 0. The number of aromatic nitrogens is 1. The number of aromatic hydroxyl groups is 1. The van der Waals surface area contributed by atoms with Crippen LogP contribution in [0.1, 0.15) is 52.4 Å². The Morgan fingerprint density at radius 2 is 1.88 bits per heavy atom. The average Bonchev–Trinajstić information content (AvgIpc) is 2.79. The van der Waals surface area contributed by atoms with Gasteiger partial charge < -0.3 is 9.84 Å². The smallest absolute Gasteiger partial charge is 0.271 e. The molecular weight excluding hydrogens is 428 g/mol. The summed E-state index contributed by atoms with van der Waals surface area (Å²) in [6.07, 6.45) is 1.94. The molecule has 2 aromatic carbocycles. The van der Waals surface area contributed by atoms with Crippen LogP contribution < -0.4 is 10.3 Å². The van der Waals surface area contributed by atoms with Crippen LogP contribution in [0.25, 0.3) is 0 Å². The molecule has 3 aromatic rings. The number of hydrogen-bond donors (Lipinski definition) is 1. The summed E-state index contributed by atoms with van der Waals surface area (Å²) in [6.45, 7) is 4.06. The molecule has 0 fully saturated rings. The van der Waals surface area contributed by atoms with Crippen LogP contribution in [0.2, 0.25) is 5.02 Å². The summed E-state index contributed by atoms with van der Waals surface area (Å²) in [5, 5.41) is 20.9. The third kappa shape index (κ3) is 4.68. The highest BCUT2D eigenvalue weighted by Crippen LogP contribution is 2.27. The number of unbranched alkanes of at least 4 members (excludes halogenated alkanes) is 1. The van der Waals surface area contributed by atoms with Gasteiger partial charge in [0.15, 0.2) is 5.78 Å². The maximum absolute atomic E-state index is 13.3. The second-order valence-electron chi connectivity index (χ2n) is 7.35. The minimum Gasteiger partial charge on any atom is -0.494 e. The van der Waals surface area contributed by atoms with E-state index >= 15 is 0 Å². The molecule has 0 aliphatic heterocycles. The zero-order valence-electron chi connectivity index (χ0n) is 17.9. The lowest BCUT2D eigenvalue weighted by atomic mass is 9.97. The van der Waals surface area contributed by atoms with Gasteiger partial charge in [0.2, 0.25) is 5.88 Å². The number of ketones is 1. The molecule has 0 saturated heterocycles. The predicted octanol–water partition coefficient (Wildman–Crippen LogP) is 4.85. The van der Waals surface area contributed by atoms with Crippen LogP contribution in [0.3, 0.4) is 0 Å². The number of pyridine rings is 1. The Morgan fingerprint density at radius 3 is 2.50 bits per heavy atom. The number of benzene rings is 2. The first-order valence-electron chi connectivity index (χ1n) is 10.3. The fraction of sp³-hybridized carbons (Fsp3) is 0.240. The van der Waals surface area contributed by atoms with E-state index in [9.17, 15) is 20.0 Å². The molecule has 0 bridgehead atoms. The van der Waals surface area contributed by atoms with Crippen LogP contribution in [0.15, 0.2) is 53.3 Å². The molecular formula is C25H23ClN2O4. The first kappa shape index (κ1) is 23.1. The Balaban J connectivity index is 2.04. The number of carbonyl (C=O) groups excluding carboxylic acids is 1. The number of halogens is 1. The maximum atomic E-state index is 13.3. The van der Waals surface area contributed by atoms with E-state index in [4.69, 9.17) is 16.3 Å². The number of ether oxygens (including phenoxy) is 1. The van der Waals surface area contributed by atoms with Crippen molar-refractivity contribution in [2.75, 3.05) is 6.61 Å². The Bertz CT molecular complexity index is 1240. The Kier molecular flexibility index (Phi) is 7.34. The molecule has 6 nitrogen and oxygen atoms in total. The second-order valence-corrected chi connectivity index (χ2v) is 7.76. The summed E-state index contributed by atoms with van der Waals surface area (Å²) < 4.78 is 6.62. The van der Waals surface area contributed by atoms with Gasteiger partial charge in [0, 0.05) is 10.6 Å². The van der Waals surface area contributed by atoms with Crippen molar-refractivity contribution in [1.29, 1.82) is 5.26 Å². The van der Waals surface area contributed by atoms with Gasteiger partial charge in [-0.05, 0) is 54.8 Å². The van der Waals surface area contributed by atoms with E-state index in [1.807, 2.05) is 6.07 Å². The average molecular weight is 451 g/mol. The third-order valence-electron chi connectivity index (χ3n) is 5.20. The maximum Gasteiger partial charge on any atom is 0.271 e. The normalized spacial score (nSPS) is 10.6. The van der Waals surface area contributed by atoms with Crippen molar-refractivity contribution in [2.24, 2.45) is 0 Å². The minimum atomic E-state index is -0.682. The summed E-state index contributed by atoms with van der Waals surface area (Å²) in [5.74, 6) is -0.360. The summed E-state index contributed by atoms with van der Waals surface area (Å²) in [4.78, 5) is 26.1. The second kappa shape index (κ2) is 10.2. The molecule has 0 radical (unpaired) electrons. The highest BCUT2D eigenvalue weighted by molar-refractivity contribution is 6.31. The summed E-state index contributed by atoms with van der Waals surface area (Å²) in [5.41, 5.74) is 0.0484. The molecule has 7 heteroatoms. The van der Waals surface area contributed by atoms with Gasteiger partial charge in [0.1, 0.15) is 17.4 Å². The van der Waals surface area contributed by atoms with E-state index in [0.717, 1.165) is 17.4 Å². The number of nitriles is 1. The molecule has 0 amide bonds. The van der Waals surface area contributed by atoms with Crippen LogP contribution >= 0.6 is 11.6 Å². The minimum absolute atomic E-state index is 0.0796. The van der Waals surface area contributed by atoms with Gasteiger partial charge in [-0.25, -0.2) is 0 Å². The number of rotatable bonds is 8. The van der Waals surface area contributed by atoms with E-state index in [0.29, 0.717) is 28.5 Å². The molecule has 0 spiro atoms. The quantitative estimate of drug-likeness (QED) is 0.391. The first-order chi connectivity index (χ1) is 15.4. The van der Waals surface area contributed by atoms with Gasteiger partial charge in [-0.2, -0.15) is 5.26 Å². The molecule has 0 aliphatic carbocycles. The molecule has 32 heavy (non-hydrogen) atoms. The van der Waals surface area contributed by atoms with Gasteiger partial charge in [-0.1, -0.05) is 43.1 Å². The Hall–Kier alpha value is -3.56. The number of carbonyl (C=O) groups is 1. The van der Waals surface area contributed by atoms with Crippen LogP contribution in [0, 0.1) is 18.3 Å². The van der Waals surface area contributed by atoms with Gasteiger partial charge in [0.25, 0.3) is 5.56 Å². The van der Waals surface area contributed by atoms with Crippen LogP contribution in [-0.2, 0) is 6.54 Å². The molecule has 1 heterocycles. The van der Waals surface area contributed by atoms with E-state index in [1.54, 1.807) is 48.5 Å². The zero-order valence-corrected chi connectivity index (χ0v) is 18.6. The van der Waals surface area contributed by atoms with Crippen molar-refractivity contribution >= 4 is 17.4 Å². The van der Waals surface area contributed by atoms with Gasteiger partial charge in [0.05, 0.1) is 18.7 Å². The van der Waals surface area contributed by atoms with Crippen LogP contribution in [-0.4, -0.2) is 22.1 Å². The van der Waals surface area contributed by atoms with Crippen molar-refractivity contribution in [3.8, 4) is 17.7 Å². The van der Waals surface area contributed by atoms with Crippen molar-refractivity contribution in [3.63, 3.8) is 0 Å². The molecule has 0 unspecified atom stereocenters. The lowest BCUT2D eigenvalue weighted by molar-refractivity contribution is 0.103. The molecule has 1 N–H and O–H groups in total. The van der Waals surface area contributed by atoms with Crippen molar-refractivity contribution in [1.82, 2.24) is 4.57 Å².